The predicted molar refractivity (Wildman–Crippen MR) is 138 cm³/mol. The molecule has 36 heavy (non-hydrogen) atoms. The summed E-state index contributed by atoms with van der Waals surface area (Å²) in [7, 11) is 2.04. The smallest absolute Gasteiger partial charge is 0.273 e. The van der Waals surface area contributed by atoms with Crippen molar-refractivity contribution >= 4 is 50.2 Å². The Kier molecular flexibility index (Phi) is 7.05. The molecule has 0 aromatic carbocycles. The van der Waals surface area contributed by atoms with Crippen LogP contribution in [-0.4, -0.2) is 64.7 Å². The van der Waals surface area contributed by atoms with Gasteiger partial charge in [0.15, 0.2) is 5.82 Å². The van der Waals surface area contributed by atoms with Crippen LogP contribution in [0, 0.1) is 0 Å². The van der Waals surface area contributed by atoms with Crippen molar-refractivity contribution < 1.29 is 18.3 Å². The van der Waals surface area contributed by atoms with E-state index >= 15 is 0 Å². The van der Waals surface area contributed by atoms with Crippen molar-refractivity contribution in [2.24, 2.45) is 5.73 Å². The third-order valence-corrected chi connectivity index (χ3v) is 8.76. The Morgan fingerprint density at radius 2 is 2.03 bits per heavy atom. The van der Waals surface area contributed by atoms with Gasteiger partial charge in [0, 0.05) is 37.7 Å². The van der Waals surface area contributed by atoms with Crippen LogP contribution < -0.4 is 21.1 Å². The lowest BCUT2D eigenvalue weighted by atomic mass is 9.89. The maximum Gasteiger partial charge on any atom is 0.273 e. The molecule has 0 spiro atoms. The minimum atomic E-state index is -2.73. The number of nitrogen functional groups attached to an aromatic ring is 1. The molecule has 1 atom stereocenters. The van der Waals surface area contributed by atoms with Gasteiger partial charge in [-0.05, 0) is 54.7 Å². The molecule has 3 aromatic rings. The Hall–Kier alpha value is -2.51. The van der Waals surface area contributed by atoms with Gasteiger partial charge in [-0.1, -0.05) is 0 Å². The van der Waals surface area contributed by atoms with E-state index in [0.29, 0.717) is 29.9 Å². The molecule has 0 saturated carbocycles. The second kappa shape index (κ2) is 10.1. The second-order valence-electron chi connectivity index (χ2n) is 9.37. The normalized spacial score (nSPS) is 19.9. The fourth-order valence-corrected chi connectivity index (χ4v) is 6.74. The van der Waals surface area contributed by atoms with Gasteiger partial charge in [0.1, 0.15) is 33.2 Å². The topological polar surface area (TPSA) is 115 Å². The van der Waals surface area contributed by atoms with Crippen LogP contribution in [0.2, 0.25) is 0 Å². The highest BCUT2D eigenvalue weighted by molar-refractivity contribution is 9.10. The number of alkyl halides is 2. The number of likely N-dealkylation sites (tertiary alicyclic amines) is 1. The van der Waals surface area contributed by atoms with Crippen molar-refractivity contribution in [3.63, 3.8) is 0 Å². The van der Waals surface area contributed by atoms with Gasteiger partial charge in [-0.2, -0.15) is 5.10 Å². The Balaban J connectivity index is 1.53. The van der Waals surface area contributed by atoms with E-state index < -0.39 is 12.3 Å². The third-order valence-electron chi connectivity index (χ3n) is 6.99. The van der Waals surface area contributed by atoms with Crippen LogP contribution in [0.3, 0.4) is 0 Å². The summed E-state index contributed by atoms with van der Waals surface area (Å²) in [5, 5.41) is 4.26. The van der Waals surface area contributed by atoms with Gasteiger partial charge in [0.25, 0.3) is 12.3 Å². The van der Waals surface area contributed by atoms with E-state index in [1.807, 2.05) is 13.1 Å². The van der Waals surface area contributed by atoms with Crippen molar-refractivity contribution in [2.75, 3.05) is 43.9 Å². The average Bonchev–Trinajstić information content (AvgIpc) is 3.40. The Labute approximate surface area is 219 Å². The van der Waals surface area contributed by atoms with Gasteiger partial charge in [-0.25, -0.2) is 18.3 Å². The Bertz CT molecular complexity index is 1280. The zero-order chi connectivity index (χ0) is 25.6. The number of primary amides is 1. The fourth-order valence-electron chi connectivity index (χ4n) is 5.23. The molecule has 2 aliphatic heterocycles. The highest BCUT2D eigenvalue weighted by Gasteiger charge is 2.36. The van der Waals surface area contributed by atoms with E-state index in [1.54, 1.807) is 4.52 Å². The molecule has 1 unspecified atom stereocenters. The number of thiophene rings is 1. The predicted octanol–water partition coefficient (Wildman–Crippen LogP) is 4.03. The average molecular weight is 584 g/mol. The molecule has 4 N–H and O–H groups in total. The molecule has 5 rings (SSSR count). The number of anilines is 2. The van der Waals surface area contributed by atoms with Crippen LogP contribution in [0.4, 0.5) is 20.3 Å². The molecule has 1 amide bonds. The molecule has 3 aromatic heterocycles. The van der Waals surface area contributed by atoms with Crippen LogP contribution in [0.1, 0.15) is 58.1 Å². The number of hydrogen-bond donors (Lipinski definition) is 2. The van der Waals surface area contributed by atoms with Gasteiger partial charge in [0.2, 0.25) is 0 Å². The molecular formula is C23H28BrF2N7O2S. The number of halogens is 3. The van der Waals surface area contributed by atoms with Crippen LogP contribution in [0.15, 0.2) is 17.0 Å². The van der Waals surface area contributed by atoms with Crippen molar-refractivity contribution in [3.8, 4) is 5.75 Å². The minimum absolute atomic E-state index is 0.0751. The summed E-state index contributed by atoms with van der Waals surface area (Å²) in [6.45, 7) is 2.86. The van der Waals surface area contributed by atoms with E-state index in [9.17, 15) is 13.6 Å². The van der Waals surface area contributed by atoms with Gasteiger partial charge < -0.3 is 26.0 Å². The van der Waals surface area contributed by atoms with Crippen LogP contribution in [0.5, 0.6) is 5.75 Å². The Morgan fingerprint density at radius 1 is 1.28 bits per heavy atom. The number of fused-ring (bicyclic) bond motifs is 1. The van der Waals surface area contributed by atoms with Gasteiger partial charge in [-0.3, -0.25) is 4.79 Å². The van der Waals surface area contributed by atoms with Gasteiger partial charge in [-0.15, -0.1) is 11.3 Å². The number of hydrogen-bond acceptors (Lipinski definition) is 8. The first-order valence-corrected chi connectivity index (χ1v) is 13.5. The first-order valence-electron chi connectivity index (χ1n) is 11.9. The lowest BCUT2D eigenvalue weighted by Crippen LogP contribution is -2.37. The number of amides is 1. The first-order chi connectivity index (χ1) is 17.2. The lowest BCUT2D eigenvalue weighted by Gasteiger charge is -2.35. The second-order valence-corrected chi connectivity index (χ2v) is 11.2. The molecule has 9 nitrogen and oxygen atoms in total. The summed E-state index contributed by atoms with van der Waals surface area (Å²) in [4.78, 5) is 20.7. The summed E-state index contributed by atoms with van der Waals surface area (Å²) < 4.78 is 37.3. The van der Waals surface area contributed by atoms with Crippen LogP contribution in [0.25, 0.3) is 5.52 Å². The standard InChI is InChI=1S/C23H28BrF2N7O2S/c1-31-7-4-13(5-8-31)35-18-16(19(21(25)26)36-20(18)23(28)34)12-3-2-6-32(10-12)14-9-15(24)33-17(14)22(27)29-11-30-33/h9,11-13,21H,2-8,10H2,1H3,(H2,28,34)(H2,27,29,30). The summed E-state index contributed by atoms with van der Waals surface area (Å²) >= 11 is 4.28. The maximum absolute atomic E-state index is 14.3. The van der Waals surface area contributed by atoms with Crippen LogP contribution in [-0.2, 0) is 0 Å². The molecule has 0 bridgehead atoms. The number of nitrogens with two attached hydrogens (primary N) is 2. The number of carbonyl (C=O) groups excluding carboxylic acids is 1. The molecule has 2 fully saturated rings. The zero-order valence-electron chi connectivity index (χ0n) is 19.8. The molecule has 2 aliphatic rings. The van der Waals surface area contributed by atoms with E-state index in [1.165, 1.54) is 6.33 Å². The number of aromatic nitrogens is 3. The summed E-state index contributed by atoms with van der Waals surface area (Å²) in [6.07, 6.45) is 1.47. The molecule has 194 valence electrons. The van der Waals surface area contributed by atoms with Gasteiger partial charge in [0.05, 0.1) is 10.6 Å². The third kappa shape index (κ3) is 4.63. The Morgan fingerprint density at radius 3 is 2.72 bits per heavy atom. The lowest BCUT2D eigenvalue weighted by molar-refractivity contribution is 0.0972. The molecule has 2 saturated heterocycles. The van der Waals surface area contributed by atoms with E-state index in [0.717, 1.165) is 60.5 Å². The molecular weight excluding hydrogens is 556 g/mol. The van der Waals surface area contributed by atoms with Crippen LogP contribution >= 0.6 is 27.3 Å². The number of nitrogens with zero attached hydrogens (tertiary/aromatic N) is 5. The van der Waals surface area contributed by atoms with Crippen molar-refractivity contribution in [1.82, 2.24) is 19.5 Å². The van der Waals surface area contributed by atoms with E-state index in [4.69, 9.17) is 16.2 Å². The first kappa shape index (κ1) is 25.2. The highest BCUT2D eigenvalue weighted by atomic mass is 79.9. The van der Waals surface area contributed by atoms with E-state index in [2.05, 4.69) is 35.8 Å². The van der Waals surface area contributed by atoms with Crippen molar-refractivity contribution in [1.29, 1.82) is 0 Å². The maximum atomic E-state index is 14.3. The van der Waals surface area contributed by atoms with Crippen molar-refractivity contribution in [3.05, 3.63) is 32.3 Å². The largest absolute Gasteiger partial charge is 0.488 e. The van der Waals surface area contributed by atoms with Gasteiger partial charge >= 0.3 is 0 Å². The summed E-state index contributed by atoms with van der Waals surface area (Å²) in [5.41, 5.74) is 13.7. The monoisotopic (exact) mass is 583 g/mol. The highest BCUT2D eigenvalue weighted by Crippen LogP contribution is 2.48. The number of ether oxygens (including phenoxy) is 1. The molecule has 0 aliphatic carbocycles. The van der Waals surface area contributed by atoms with Crippen molar-refractivity contribution in [2.45, 2.75) is 44.1 Å². The number of piperidine rings is 2. The quantitative estimate of drug-likeness (QED) is 0.450. The summed E-state index contributed by atoms with van der Waals surface area (Å²) in [6, 6.07) is 1.91. The molecule has 0 radical (unpaired) electrons. The van der Waals surface area contributed by atoms with E-state index in [-0.39, 0.29) is 27.5 Å². The SMILES string of the molecule is CN1CCC(Oc2c(C(N)=O)sc(C(F)F)c2C2CCCN(c3cc(Br)n4ncnc(N)c34)C2)CC1. The molecule has 13 heteroatoms. The minimum Gasteiger partial charge on any atom is -0.488 e. The zero-order valence-corrected chi connectivity index (χ0v) is 22.2. The fraction of sp³-hybridized carbons (Fsp3) is 0.522. The summed E-state index contributed by atoms with van der Waals surface area (Å²) in [5.74, 6) is -0.433. The number of carbonyl (C=O) groups is 1. The molecule has 5 heterocycles. The number of rotatable bonds is 6.